The highest BCUT2D eigenvalue weighted by molar-refractivity contribution is 5.81. The largest absolute Gasteiger partial charge is 0.299 e. The van der Waals surface area contributed by atoms with Crippen LogP contribution in [0.2, 0.25) is 0 Å². The fraction of sp³-hybridized carbons (Fsp3) is 0.909. The Morgan fingerprint density at radius 3 is 2.08 bits per heavy atom. The van der Waals surface area contributed by atoms with Crippen molar-refractivity contribution in [3.8, 4) is 0 Å². The summed E-state index contributed by atoms with van der Waals surface area (Å²) in [6.45, 7) is 5.94. The van der Waals surface area contributed by atoms with E-state index >= 15 is 0 Å². The lowest BCUT2D eigenvalue weighted by Crippen LogP contribution is -2.32. The minimum Gasteiger partial charge on any atom is -0.299 e. The summed E-state index contributed by atoms with van der Waals surface area (Å²) < 4.78 is 0. The highest BCUT2D eigenvalue weighted by atomic mass is 16.1. The topological polar surface area (TPSA) is 17.1 Å². The molecule has 0 bridgehead atoms. The van der Waals surface area contributed by atoms with Gasteiger partial charge in [0.25, 0.3) is 0 Å². The monoisotopic (exact) mass is 168 g/mol. The van der Waals surface area contributed by atoms with Crippen molar-refractivity contribution in [3.05, 3.63) is 0 Å². The van der Waals surface area contributed by atoms with Gasteiger partial charge in [0.05, 0.1) is 0 Å². The van der Waals surface area contributed by atoms with Crippen LogP contribution in [0.1, 0.15) is 52.9 Å². The minimum atomic E-state index is -0.0690. The second-order valence-corrected chi connectivity index (χ2v) is 4.61. The van der Waals surface area contributed by atoms with Crippen molar-refractivity contribution in [2.45, 2.75) is 52.9 Å². The molecule has 0 aromatic rings. The average Bonchev–Trinajstić information content (AvgIpc) is 2.06. The number of hydrogen-bond donors (Lipinski definition) is 0. The second-order valence-electron chi connectivity index (χ2n) is 4.61. The van der Waals surface area contributed by atoms with Crippen LogP contribution in [0.5, 0.6) is 0 Å². The lowest BCUT2D eigenvalue weighted by atomic mass is 9.69. The van der Waals surface area contributed by atoms with Crippen LogP contribution < -0.4 is 0 Å². The van der Waals surface area contributed by atoms with Crippen LogP contribution in [0.3, 0.4) is 0 Å². The third-order valence-corrected chi connectivity index (χ3v) is 3.53. The molecule has 1 saturated carbocycles. The van der Waals surface area contributed by atoms with Crippen LogP contribution in [-0.4, -0.2) is 5.78 Å². The Balaban J connectivity index is 2.59. The SMILES string of the molecule is CC(=O)C(C)(C)C1CCCCC1. The Labute approximate surface area is 75.5 Å². The van der Waals surface area contributed by atoms with E-state index in [0.29, 0.717) is 11.7 Å². The van der Waals surface area contributed by atoms with Crippen LogP contribution in [0.25, 0.3) is 0 Å². The molecule has 0 aliphatic heterocycles. The zero-order valence-corrected chi connectivity index (χ0v) is 8.52. The average molecular weight is 168 g/mol. The van der Waals surface area contributed by atoms with Gasteiger partial charge < -0.3 is 0 Å². The van der Waals surface area contributed by atoms with Crippen molar-refractivity contribution in [2.24, 2.45) is 11.3 Å². The summed E-state index contributed by atoms with van der Waals surface area (Å²) in [6.07, 6.45) is 6.52. The van der Waals surface area contributed by atoms with Gasteiger partial charge in [0.2, 0.25) is 0 Å². The van der Waals surface area contributed by atoms with Crippen molar-refractivity contribution in [3.63, 3.8) is 0 Å². The van der Waals surface area contributed by atoms with Gasteiger partial charge in [-0.3, -0.25) is 4.79 Å². The maximum Gasteiger partial charge on any atom is 0.135 e. The van der Waals surface area contributed by atoms with Crippen LogP contribution in [-0.2, 0) is 4.79 Å². The number of Topliss-reactive ketones (excluding diaryl/α,β-unsaturated/α-hetero) is 1. The van der Waals surface area contributed by atoms with E-state index in [0.717, 1.165) is 0 Å². The fourth-order valence-electron chi connectivity index (χ4n) is 2.11. The van der Waals surface area contributed by atoms with Gasteiger partial charge >= 0.3 is 0 Å². The Hall–Kier alpha value is -0.330. The summed E-state index contributed by atoms with van der Waals surface area (Å²) in [5.74, 6) is 0.998. The van der Waals surface area contributed by atoms with Gasteiger partial charge in [0, 0.05) is 5.41 Å². The highest BCUT2D eigenvalue weighted by Gasteiger charge is 2.34. The van der Waals surface area contributed by atoms with Crippen molar-refractivity contribution in [1.29, 1.82) is 0 Å². The summed E-state index contributed by atoms with van der Waals surface area (Å²) in [5, 5.41) is 0. The molecule has 1 aliphatic carbocycles. The molecule has 1 heteroatoms. The van der Waals surface area contributed by atoms with E-state index in [1.807, 2.05) is 0 Å². The summed E-state index contributed by atoms with van der Waals surface area (Å²) in [6, 6.07) is 0. The van der Waals surface area contributed by atoms with Gasteiger partial charge in [-0.25, -0.2) is 0 Å². The van der Waals surface area contributed by atoms with Crippen LogP contribution in [0, 0.1) is 11.3 Å². The molecular weight excluding hydrogens is 148 g/mol. The van der Waals surface area contributed by atoms with Crippen LogP contribution >= 0.6 is 0 Å². The molecule has 1 fully saturated rings. The predicted octanol–water partition coefficient (Wildman–Crippen LogP) is 3.18. The molecule has 0 aromatic carbocycles. The summed E-state index contributed by atoms with van der Waals surface area (Å²) in [5.41, 5.74) is -0.0690. The predicted molar refractivity (Wildman–Crippen MR) is 51.0 cm³/mol. The molecule has 12 heavy (non-hydrogen) atoms. The molecule has 0 saturated heterocycles. The fourth-order valence-corrected chi connectivity index (χ4v) is 2.11. The highest BCUT2D eigenvalue weighted by Crippen LogP contribution is 2.38. The normalized spacial score (nSPS) is 20.9. The van der Waals surface area contributed by atoms with E-state index in [1.165, 1.54) is 32.1 Å². The maximum absolute atomic E-state index is 11.4. The first-order valence-electron chi connectivity index (χ1n) is 5.06. The number of hydrogen-bond acceptors (Lipinski definition) is 1. The first kappa shape index (κ1) is 9.76. The lowest BCUT2D eigenvalue weighted by Gasteiger charge is -2.34. The molecule has 0 unspecified atom stereocenters. The summed E-state index contributed by atoms with van der Waals surface area (Å²) in [7, 11) is 0. The van der Waals surface area contributed by atoms with E-state index in [2.05, 4.69) is 13.8 Å². The van der Waals surface area contributed by atoms with E-state index in [4.69, 9.17) is 0 Å². The first-order valence-corrected chi connectivity index (χ1v) is 5.06. The summed E-state index contributed by atoms with van der Waals surface area (Å²) >= 11 is 0. The molecule has 0 atom stereocenters. The number of carbonyl (C=O) groups is 1. The molecule has 1 aliphatic rings. The molecule has 1 nitrogen and oxygen atoms in total. The van der Waals surface area contributed by atoms with Gasteiger partial charge in [-0.05, 0) is 25.7 Å². The molecule has 0 amide bonds. The Morgan fingerprint density at radius 1 is 1.17 bits per heavy atom. The van der Waals surface area contributed by atoms with Gasteiger partial charge in [-0.1, -0.05) is 33.1 Å². The van der Waals surface area contributed by atoms with Crippen molar-refractivity contribution >= 4 is 5.78 Å². The zero-order chi connectivity index (χ0) is 9.19. The van der Waals surface area contributed by atoms with Crippen LogP contribution in [0.4, 0.5) is 0 Å². The van der Waals surface area contributed by atoms with Gasteiger partial charge in [-0.15, -0.1) is 0 Å². The Morgan fingerprint density at radius 2 is 1.67 bits per heavy atom. The molecular formula is C11H20O. The first-order chi connectivity index (χ1) is 5.55. The van der Waals surface area contributed by atoms with Gasteiger partial charge in [-0.2, -0.15) is 0 Å². The molecule has 0 spiro atoms. The van der Waals surface area contributed by atoms with E-state index in [1.54, 1.807) is 6.92 Å². The number of carbonyl (C=O) groups excluding carboxylic acids is 1. The third-order valence-electron chi connectivity index (χ3n) is 3.53. The number of ketones is 1. The third kappa shape index (κ3) is 1.88. The van der Waals surface area contributed by atoms with Crippen LogP contribution in [0.15, 0.2) is 0 Å². The van der Waals surface area contributed by atoms with Gasteiger partial charge in [0.1, 0.15) is 5.78 Å². The minimum absolute atomic E-state index is 0.0690. The molecule has 0 heterocycles. The Kier molecular flexibility index (Phi) is 2.92. The zero-order valence-electron chi connectivity index (χ0n) is 8.52. The molecule has 0 radical (unpaired) electrons. The lowest BCUT2D eigenvalue weighted by molar-refractivity contribution is -0.128. The van der Waals surface area contributed by atoms with Crippen molar-refractivity contribution < 1.29 is 4.79 Å². The van der Waals surface area contributed by atoms with Crippen molar-refractivity contribution in [1.82, 2.24) is 0 Å². The Bertz CT molecular complexity index is 164. The van der Waals surface area contributed by atoms with E-state index in [9.17, 15) is 4.79 Å². The maximum atomic E-state index is 11.4. The standard InChI is InChI=1S/C11H20O/c1-9(12)11(2,3)10-7-5-4-6-8-10/h10H,4-8H2,1-3H3. The smallest absolute Gasteiger partial charge is 0.135 e. The molecule has 1 rings (SSSR count). The molecule has 0 aromatic heterocycles. The molecule has 70 valence electrons. The van der Waals surface area contributed by atoms with Gasteiger partial charge in [0.15, 0.2) is 0 Å². The summed E-state index contributed by atoms with van der Waals surface area (Å²) in [4.78, 5) is 11.4. The van der Waals surface area contributed by atoms with E-state index < -0.39 is 0 Å². The number of rotatable bonds is 2. The molecule has 0 N–H and O–H groups in total. The second kappa shape index (κ2) is 3.59. The quantitative estimate of drug-likeness (QED) is 0.619. The van der Waals surface area contributed by atoms with E-state index in [-0.39, 0.29) is 5.41 Å². The van der Waals surface area contributed by atoms with Crippen molar-refractivity contribution in [2.75, 3.05) is 0 Å².